The van der Waals surface area contributed by atoms with E-state index in [1.807, 2.05) is 51.1 Å². The quantitative estimate of drug-likeness (QED) is 0.537. The second-order valence-electron chi connectivity index (χ2n) is 7.21. The average molecular weight is 413 g/mol. The van der Waals surface area contributed by atoms with E-state index in [9.17, 15) is 9.59 Å². The fourth-order valence-corrected chi connectivity index (χ4v) is 3.66. The standard InChI is InChI=1S/C23H25ClN2O3/c1-14-9-10-17(15(2)13-14)20-21(25-19-8-5-7-18(24)16(19)3)23(28)26(22(20)27)11-6-12-29-4/h5,7-10,13,25H,6,11-12H2,1-4H3. The van der Waals surface area contributed by atoms with Gasteiger partial charge in [-0.15, -0.1) is 0 Å². The molecule has 0 saturated heterocycles. The Bertz CT molecular complexity index is 998. The minimum absolute atomic E-state index is 0.282. The number of carbonyl (C=O) groups is 2. The number of nitrogens with one attached hydrogen (secondary N) is 1. The van der Waals surface area contributed by atoms with E-state index in [0.717, 1.165) is 22.3 Å². The maximum absolute atomic E-state index is 13.2. The van der Waals surface area contributed by atoms with Gasteiger partial charge in [0.2, 0.25) is 0 Å². The number of nitrogens with zero attached hydrogens (tertiary/aromatic N) is 1. The van der Waals surface area contributed by atoms with Crippen molar-refractivity contribution in [1.82, 2.24) is 4.90 Å². The first kappa shape index (κ1) is 21.1. The molecule has 152 valence electrons. The molecule has 29 heavy (non-hydrogen) atoms. The van der Waals surface area contributed by atoms with Crippen LogP contribution in [0.5, 0.6) is 0 Å². The highest BCUT2D eigenvalue weighted by Gasteiger charge is 2.39. The molecule has 6 heteroatoms. The van der Waals surface area contributed by atoms with Gasteiger partial charge in [-0.25, -0.2) is 0 Å². The second kappa shape index (κ2) is 8.80. The van der Waals surface area contributed by atoms with Gasteiger partial charge in [0.05, 0.1) is 5.57 Å². The number of aryl methyl sites for hydroxylation is 2. The molecule has 0 aliphatic carbocycles. The number of hydrogen-bond acceptors (Lipinski definition) is 4. The molecule has 1 aliphatic heterocycles. The first-order chi connectivity index (χ1) is 13.8. The van der Waals surface area contributed by atoms with Crippen LogP contribution in [0.1, 0.15) is 28.7 Å². The molecule has 2 amide bonds. The van der Waals surface area contributed by atoms with Crippen LogP contribution in [0.25, 0.3) is 5.57 Å². The maximum Gasteiger partial charge on any atom is 0.278 e. The summed E-state index contributed by atoms with van der Waals surface area (Å²) < 4.78 is 5.07. The smallest absolute Gasteiger partial charge is 0.278 e. The molecule has 0 saturated carbocycles. The Hall–Kier alpha value is -2.63. The van der Waals surface area contributed by atoms with Crippen LogP contribution in [0, 0.1) is 20.8 Å². The zero-order valence-corrected chi connectivity index (χ0v) is 17.9. The minimum atomic E-state index is -0.333. The topological polar surface area (TPSA) is 58.6 Å². The summed E-state index contributed by atoms with van der Waals surface area (Å²) in [6, 6.07) is 11.3. The molecule has 0 radical (unpaired) electrons. The van der Waals surface area contributed by atoms with Crippen molar-refractivity contribution in [3.05, 3.63) is 69.4 Å². The fourth-order valence-electron chi connectivity index (χ4n) is 3.48. The van der Waals surface area contributed by atoms with Crippen LogP contribution in [0.2, 0.25) is 5.02 Å². The van der Waals surface area contributed by atoms with Crippen molar-refractivity contribution in [1.29, 1.82) is 0 Å². The van der Waals surface area contributed by atoms with Crippen molar-refractivity contribution in [3.63, 3.8) is 0 Å². The first-order valence-electron chi connectivity index (χ1n) is 9.54. The number of halogens is 1. The lowest BCUT2D eigenvalue weighted by Gasteiger charge is -2.15. The summed E-state index contributed by atoms with van der Waals surface area (Å²) in [4.78, 5) is 27.7. The molecular formula is C23H25ClN2O3. The van der Waals surface area contributed by atoms with E-state index in [0.29, 0.717) is 35.9 Å². The third kappa shape index (κ3) is 4.21. The molecule has 2 aromatic carbocycles. The number of rotatable bonds is 7. The van der Waals surface area contributed by atoms with Gasteiger partial charge in [-0.2, -0.15) is 0 Å². The Morgan fingerprint density at radius 3 is 2.52 bits per heavy atom. The van der Waals surface area contributed by atoms with Crippen LogP contribution in [-0.4, -0.2) is 37.0 Å². The number of amides is 2. The van der Waals surface area contributed by atoms with Crippen molar-refractivity contribution in [2.75, 3.05) is 25.6 Å². The number of methoxy groups -OCH3 is 1. The Morgan fingerprint density at radius 2 is 1.83 bits per heavy atom. The van der Waals surface area contributed by atoms with E-state index in [-0.39, 0.29) is 17.5 Å². The second-order valence-corrected chi connectivity index (χ2v) is 7.62. The van der Waals surface area contributed by atoms with Gasteiger partial charge in [-0.3, -0.25) is 14.5 Å². The van der Waals surface area contributed by atoms with Crippen molar-refractivity contribution in [3.8, 4) is 0 Å². The van der Waals surface area contributed by atoms with E-state index in [2.05, 4.69) is 5.32 Å². The van der Waals surface area contributed by atoms with Crippen LogP contribution in [0.15, 0.2) is 42.1 Å². The Morgan fingerprint density at radius 1 is 1.07 bits per heavy atom. The zero-order valence-electron chi connectivity index (χ0n) is 17.1. The third-order valence-corrected chi connectivity index (χ3v) is 5.49. The van der Waals surface area contributed by atoms with E-state index in [4.69, 9.17) is 16.3 Å². The number of benzene rings is 2. The lowest BCUT2D eigenvalue weighted by atomic mass is 9.97. The van der Waals surface area contributed by atoms with Gasteiger partial charge in [0.15, 0.2) is 0 Å². The van der Waals surface area contributed by atoms with Crippen molar-refractivity contribution in [2.24, 2.45) is 0 Å². The van der Waals surface area contributed by atoms with Crippen LogP contribution in [-0.2, 0) is 14.3 Å². The molecular weight excluding hydrogens is 388 g/mol. The summed E-state index contributed by atoms with van der Waals surface area (Å²) in [5, 5.41) is 3.79. The van der Waals surface area contributed by atoms with E-state index >= 15 is 0 Å². The monoisotopic (exact) mass is 412 g/mol. The molecule has 5 nitrogen and oxygen atoms in total. The summed E-state index contributed by atoms with van der Waals surface area (Å²) in [7, 11) is 1.60. The Kier molecular flexibility index (Phi) is 6.40. The van der Waals surface area contributed by atoms with Gasteiger partial charge in [0.1, 0.15) is 5.70 Å². The zero-order chi connectivity index (χ0) is 21.1. The molecule has 0 fully saturated rings. The van der Waals surface area contributed by atoms with Crippen molar-refractivity contribution in [2.45, 2.75) is 27.2 Å². The minimum Gasteiger partial charge on any atom is -0.385 e. The maximum atomic E-state index is 13.2. The normalized spacial score (nSPS) is 14.2. The van der Waals surface area contributed by atoms with Gasteiger partial charge in [0, 0.05) is 31.0 Å². The molecule has 3 rings (SSSR count). The SMILES string of the molecule is COCCCN1C(=O)C(Nc2cccc(Cl)c2C)=C(c2ccc(C)cc2C)C1=O. The van der Waals surface area contributed by atoms with Crippen LogP contribution < -0.4 is 5.32 Å². The molecule has 1 N–H and O–H groups in total. The number of imide groups is 1. The lowest BCUT2D eigenvalue weighted by molar-refractivity contribution is -0.136. The summed E-state index contributed by atoms with van der Waals surface area (Å²) in [5.74, 6) is -0.624. The number of hydrogen-bond donors (Lipinski definition) is 1. The number of ether oxygens (including phenoxy) is 1. The van der Waals surface area contributed by atoms with Gasteiger partial charge in [0.25, 0.3) is 11.8 Å². The van der Waals surface area contributed by atoms with Gasteiger partial charge >= 0.3 is 0 Å². The highest BCUT2D eigenvalue weighted by atomic mass is 35.5. The van der Waals surface area contributed by atoms with Gasteiger partial charge in [-0.1, -0.05) is 41.4 Å². The molecule has 0 unspecified atom stereocenters. The molecule has 1 aliphatic rings. The first-order valence-corrected chi connectivity index (χ1v) is 9.92. The summed E-state index contributed by atoms with van der Waals surface area (Å²) in [5.41, 5.74) is 5.00. The van der Waals surface area contributed by atoms with Crippen molar-refractivity contribution < 1.29 is 14.3 Å². The van der Waals surface area contributed by atoms with Gasteiger partial charge < -0.3 is 10.1 Å². The highest BCUT2D eigenvalue weighted by molar-refractivity contribution is 6.37. The third-order valence-electron chi connectivity index (χ3n) is 5.08. The van der Waals surface area contributed by atoms with Crippen LogP contribution in [0.4, 0.5) is 5.69 Å². The molecule has 0 atom stereocenters. The predicted octanol–water partition coefficient (Wildman–Crippen LogP) is 4.49. The van der Waals surface area contributed by atoms with Crippen LogP contribution in [0.3, 0.4) is 0 Å². The number of carbonyl (C=O) groups excluding carboxylic acids is 2. The molecule has 0 spiro atoms. The Labute approximate surface area is 176 Å². The molecule has 2 aromatic rings. The molecule has 0 bridgehead atoms. The van der Waals surface area contributed by atoms with E-state index < -0.39 is 0 Å². The van der Waals surface area contributed by atoms with Crippen LogP contribution >= 0.6 is 11.6 Å². The predicted molar refractivity (Wildman–Crippen MR) is 116 cm³/mol. The average Bonchev–Trinajstić information content (AvgIpc) is 2.90. The summed E-state index contributed by atoms with van der Waals surface area (Å²) >= 11 is 6.24. The molecule has 0 aromatic heterocycles. The van der Waals surface area contributed by atoms with Gasteiger partial charge in [-0.05, 0) is 56.0 Å². The van der Waals surface area contributed by atoms with Crippen molar-refractivity contribution >= 4 is 34.7 Å². The highest BCUT2D eigenvalue weighted by Crippen LogP contribution is 2.34. The number of anilines is 1. The fraction of sp³-hybridized carbons (Fsp3) is 0.304. The molecule has 1 heterocycles. The summed E-state index contributed by atoms with van der Waals surface area (Å²) in [6.45, 7) is 6.60. The van der Waals surface area contributed by atoms with E-state index in [1.54, 1.807) is 13.2 Å². The summed E-state index contributed by atoms with van der Waals surface area (Å²) in [6.07, 6.45) is 0.581. The largest absolute Gasteiger partial charge is 0.385 e. The lowest BCUT2D eigenvalue weighted by Crippen LogP contribution is -2.34. The van der Waals surface area contributed by atoms with E-state index in [1.165, 1.54) is 4.90 Å². The Balaban J connectivity index is 2.08.